The molecule has 4 aromatic rings. The van der Waals surface area contributed by atoms with Gasteiger partial charge in [-0.2, -0.15) is 0 Å². The van der Waals surface area contributed by atoms with Crippen LogP contribution in [0.4, 0.5) is 0 Å². The van der Waals surface area contributed by atoms with E-state index in [0.29, 0.717) is 17.9 Å². The van der Waals surface area contributed by atoms with Gasteiger partial charge in [0.15, 0.2) is 0 Å². The second-order valence-electron chi connectivity index (χ2n) is 9.40. The van der Waals surface area contributed by atoms with Crippen molar-refractivity contribution in [1.82, 2.24) is 24.7 Å². The first kappa shape index (κ1) is 19.0. The van der Waals surface area contributed by atoms with E-state index < -0.39 is 0 Å². The average molecular weight is 416 g/mol. The zero-order chi connectivity index (χ0) is 20.9. The monoisotopic (exact) mass is 415 g/mol. The van der Waals surface area contributed by atoms with Crippen molar-refractivity contribution in [3.05, 3.63) is 53.9 Å². The molecule has 31 heavy (non-hydrogen) atoms. The third-order valence-corrected chi connectivity index (χ3v) is 7.16. The summed E-state index contributed by atoms with van der Waals surface area (Å²) >= 11 is 0. The highest BCUT2D eigenvalue weighted by Crippen LogP contribution is 2.38. The highest BCUT2D eigenvalue weighted by atomic mass is 16.5. The van der Waals surface area contributed by atoms with Crippen LogP contribution >= 0.6 is 0 Å². The second-order valence-corrected chi connectivity index (χ2v) is 9.40. The molecule has 6 nitrogen and oxygen atoms in total. The van der Waals surface area contributed by atoms with Gasteiger partial charge in [-0.15, -0.1) is 5.10 Å². The lowest BCUT2D eigenvalue weighted by atomic mass is 9.87. The van der Waals surface area contributed by atoms with Gasteiger partial charge >= 0.3 is 0 Å². The molecule has 0 atom stereocenters. The maximum absolute atomic E-state index is 5.39. The number of likely N-dealkylation sites (tertiary alicyclic amines) is 1. The molecule has 2 saturated heterocycles. The van der Waals surface area contributed by atoms with E-state index in [9.17, 15) is 0 Å². The number of aromatic amines is 1. The molecule has 0 spiro atoms. The number of pyridine rings is 1. The fourth-order valence-electron chi connectivity index (χ4n) is 5.31. The Balaban J connectivity index is 1.35. The van der Waals surface area contributed by atoms with Gasteiger partial charge in [-0.25, -0.2) is 4.52 Å². The number of aromatic nitrogens is 4. The lowest BCUT2D eigenvalue weighted by Gasteiger charge is -2.41. The van der Waals surface area contributed by atoms with Gasteiger partial charge < -0.3 is 9.72 Å². The molecule has 5 heterocycles. The number of hydrogen-bond acceptors (Lipinski definition) is 4. The largest absolute Gasteiger partial charge is 0.378 e. The molecule has 0 radical (unpaired) electrons. The molecular formula is C25H29N5O. The standard InChI is InChI=1S/C25H29N5O/c1-16(2)24-22-11-18(17-7-9-29(10-8-17)21-14-31-15-21)4-6-23(22)27-25(24)19-3-5-20-12-26-28-30(20)13-19/h3-6,11-13,16-17,21,27H,7-10,14-15H2,1-2H3. The molecule has 2 aliphatic rings. The van der Waals surface area contributed by atoms with E-state index in [-0.39, 0.29) is 0 Å². The summed E-state index contributed by atoms with van der Waals surface area (Å²) in [7, 11) is 0. The number of ether oxygens (including phenoxy) is 1. The molecule has 0 unspecified atom stereocenters. The highest BCUT2D eigenvalue weighted by Gasteiger charge is 2.30. The van der Waals surface area contributed by atoms with Crippen molar-refractivity contribution in [2.24, 2.45) is 0 Å². The van der Waals surface area contributed by atoms with E-state index in [4.69, 9.17) is 4.74 Å². The summed E-state index contributed by atoms with van der Waals surface area (Å²) in [6.07, 6.45) is 6.33. The molecule has 6 heteroatoms. The number of nitrogens with one attached hydrogen (secondary N) is 1. The minimum atomic E-state index is 0.422. The Labute approximate surface area is 182 Å². The lowest BCUT2D eigenvalue weighted by Crippen LogP contribution is -2.51. The van der Waals surface area contributed by atoms with Crippen LogP contribution in [0.2, 0.25) is 0 Å². The topological polar surface area (TPSA) is 58.5 Å². The van der Waals surface area contributed by atoms with Crippen molar-refractivity contribution in [2.45, 2.75) is 44.6 Å². The van der Waals surface area contributed by atoms with Gasteiger partial charge in [0.1, 0.15) is 0 Å². The number of nitrogens with zero attached hydrogens (tertiary/aromatic N) is 4. The van der Waals surface area contributed by atoms with Crippen LogP contribution in [-0.4, -0.2) is 57.1 Å². The Bertz CT molecular complexity index is 1230. The van der Waals surface area contributed by atoms with Crippen LogP contribution in [-0.2, 0) is 4.74 Å². The molecule has 1 aromatic carbocycles. The molecule has 2 fully saturated rings. The van der Waals surface area contributed by atoms with Gasteiger partial charge in [0.25, 0.3) is 0 Å². The number of piperidine rings is 1. The number of benzene rings is 1. The van der Waals surface area contributed by atoms with Crippen LogP contribution in [0.25, 0.3) is 27.7 Å². The second kappa shape index (κ2) is 7.46. The molecule has 3 aromatic heterocycles. The first-order chi connectivity index (χ1) is 15.2. The Kier molecular flexibility index (Phi) is 4.58. The number of H-pyrrole nitrogens is 1. The zero-order valence-electron chi connectivity index (χ0n) is 18.2. The van der Waals surface area contributed by atoms with Crippen LogP contribution in [0, 0.1) is 0 Å². The zero-order valence-corrected chi connectivity index (χ0v) is 18.2. The van der Waals surface area contributed by atoms with Gasteiger partial charge in [0, 0.05) is 22.7 Å². The fraction of sp³-hybridized carbons (Fsp3) is 0.440. The van der Waals surface area contributed by atoms with E-state index in [2.05, 4.69) is 70.6 Å². The van der Waals surface area contributed by atoms with Gasteiger partial charge in [0.05, 0.1) is 36.7 Å². The third kappa shape index (κ3) is 3.25. The van der Waals surface area contributed by atoms with Gasteiger partial charge in [0.2, 0.25) is 0 Å². The van der Waals surface area contributed by atoms with Crippen LogP contribution in [0.15, 0.2) is 42.7 Å². The first-order valence-corrected chi connectivity index (χ1v) is 11.4. The smallest absolute Gasteiger partial charge is 0.0865 e. The molecule has 0 bridgehead atoms. The van der Waals surface area contributed by atoms with Crippen LogP contribution < -0.4 is 0 Å². The molecule has 0 amide bonds. The normalized spacial score (nSPS) is 18.9. The van der Waals surface area contributed by atoms with Crippen molar-refractivity contribution < 1.29 is 4.74 Å². The van der Waals surface area contributed by atoms with E-state index in [1.54, 1.807) is 6.20 Å². The van der Waals surface area contributed by atoms with Crippen LogP contribution in [0.5, 0.6) is 0 Å². The van der Waals surface area contributed by atoms with Gasteiger partial charge in [-0.1, -0.05) is 25.1 Å². The summed E-state index contributed by atoms with van der Waals surface area (Å²) < 4.78 is 7.23. The van der Waals surface area contributed by atoms with Gasteiger partial charge in [-0.3, -0.25) is 4.90 Å². The summed E-state index contributed by atoms with van der Waals surface area (Å²) in [6.45, 7) is 8.77. The van der Waals surface area contributed by atoms with E-state index in [1.165, 1.54) is 53.7 Å². The average Bonchev–Trinajstić information content (AvgIpc) is 3.36. The molecular weight excluding hydrogens is 386 g/mol. The highest BCUT2D eigenvalue weighted by molar-refractivity contribution is 5.92. The number of rotatable bonds is 4. The molecule has 2 aliphatic heterocycles. The van der Waals surface area contributed by atoms with E-state index in [0.717, 1.165) is 24.3 Å². The van der Waals surface area contributed by atoms with Gasteiger partial charge in [-0.05, 0) is 73.2 Å². The number of fused-ring (bicyclic) bond motifs is 2. The third-order valence-electron chi connectivity index (χ3n) is 7.16. The SMILES string of the molecule is CC(C)c1c(-c2ccc3cnnn3c2)[nH]c2ccc(C3CCN(C4COC4)CC3)cc12. The summed E-state index contributed by atoms with van der Waals surface area (Å²) in [5, 5.41) is 9.55. The van der Waals surface area contributed by atoms with Crippen molar-refractivity contribution in [3.63, 3.8) is 0 Å². The van der Waals surface area contributed by atoms with Crippen molar-refractivity contribution in [2.75, 3.05) is 26.3 Å². The molecule has 1 N–H and O–H groups in total. The molecule has 6 rings (SSSR count). The molecule has 0 saturated carbocycles. The summed E-state index contributed by atoms with van der Waals surface area (Å²) in [4.78, 5) is 6.32. The summed E-state index contributed by atoms with van der Waals surface area (Å²) in [5.41, 5.74) is 7.43. The Morgan fingerprint density at radius 3 is 2.68 bits per heavy atom. The van der Waals surface area contributed by atoms with Crippen molar-refractivity contribution in [3.8, 4) is 11.3 Å². The van der Waals surface area contributed by atoms with Crippen LogP contribution in [0.3, 0.4) is 0 Å². The minimum Gasteiger partial charge on any atom is -0.378 e. The van der Waals surface area contributed by atoms with Crippen molar-refractivity contribution >= 4 is 16.4 Å². The molecule has 160 valence electrons. The lowest BCUT2D eigenvalue weighted by molar-refractivity contribution is -0.0712. The fourth-order valence-corrected chi connectivity index (χ4v) is 5.31. The summed E-state index contributed by atoms with van der Waals surface area (Å²) in [6, 6.07) is 12.0. The first-order valence-electron chi connectivity index (χ1n) is 11.4. The maximum atomic E-state index is 5.39. The number of hydrogen-bond donors (Lipinski definition) is 1. The van der Waals surface area contributed by atoms with Crippen LogP contribution in [0.1, 0.15) is 49.7 Å². The predicted octanol–water partition coefficient (Wildman–Crippen LogP) is 4.58. The Morgan fingerprint density at radius 2 is 1.94 bits per heavy atom. The predicted molar refractivity (Wildman–Crippen MR) is 123 cm³/mol. The summed E-state index contributed by atoms with van der Waals surface area (Å²) in [5.74, 6) is 1.07. The quantitative estimate of drug-likeness (QED) is 0.530. The molecule has 0 aliphatic carbocycles. The Hall–Kier alpha value is -2.70. The maximum Gasteiger partial charge on any atom is 0.0865 e. The van der Waals surface area contributed by atoms with E-state index >= 15 is 0 Å². The minimum absolute atomic E-state index is 0.422. The Morgan fingerprint density at radius 1 is 1.10 bits per heavy atom. The van der Waals surface area contributed by atoms with E-state index in [1.807, 2.05) is 4.52 Å². The van der Waals surface area contributed by atoms with Crippen molar-refractivity contribution in [1.29, 1.82) is 0 Å².